The first-order chi connectivity index (χ1) is 8.22. The lowest BCUT2D eigenvalue weighted by Crippen LogP contribution is -2.01. The lowest BCUT2D eigenvalue weighted by molar-refractivity contribution is -0.389. The Morgan fingerprint density at radius 3 is 2.94 bits per heavy atom. The highest BCUT2D eigenvalue weighted by molar-refractivity contribution is 5.92. The van der Waals surface area contributed by atoms with Crippen molar-refractivity contribution in [2.45, 2.75) is 0 Å². The fourth-order valence-electron chi connectivity index (χ4n) is 1.58. The summed E-state index contributed by atoms with van der Waals surface area (Å²) in [5, 5.41) is 14.7. The molecule has 0 saturated heterocycles. The SMILES string of the molecule is C=CCNc1cc([N+](=O)[O-])nc2ccccc12. The number of hydrogen-bond donors (Lipinski definition) is 1. The summed E-state index contributed by atoms with van der Waals surface area (Å²) in [6.07, 6.45) is 1.70. The third-order valence-electron chi connectivity index (χ3n) is 2.33. The van der Waals surface area contributed by atoms with Gasteiger partial charge in [0.05, 0.1) is 11.8 Å². The monoisotopic (exact) mass is 229 g/mol. The van der Waals surface area contributed by atoms with E-state index in [1.807, 2.05) is 12.1 Å². The van der Waals surface area contributed by atoms with Crippen LogP contribution in [-0.2, 0) is 0 Å². The molecule has 1 heterocycles. The molecule has 1 aromatic heterocycles. The molecule has 86 valence electrons. The summed E-state index contributed by atoms with van der Waals surface area (Å²) in [7, 11) is 0. The molecule has 2 aromatic rings. The zero-order valence-corrected chi connectivity index (χ0v) is 9.09. The summed E-state index contributed by atoms with van der Waals surface area (Å²) in [4.78, 5) is 14.2. The quantitative estimate of drug-likeness (QED) is 0.497. The van der Waals surface area contributed by atoms with Gasteiger partial charge in [-0.3, -0.25) is 0 Å². The predicted molar refractivity (Wildman–Crippen MR) is 67.1 cm³/mol. The highest BCUT2D eigenvalue weighted by Crippen LogP contribution is 2.25. The molecule has 0 atom stereocenters. The fourth-order valence-corrected chi connectivity index (χ4v) is 1.58. The van der Waals surface area contributed by atoms with Gasteiger partial charge in [0, 0.05) is 11.9 Å². The summed E-state index contributed by atoms with van der Waals surface area (Å²) in [5.41, 5.74) is 1.30. The Labute approximate surface area is 97.9 Å². The number of nitrogens with one attached hydrogen (secondary N) is 1. The molecule has 1 N–H and O–H groups in total. The van der Waals surface area contributed by atoms with Crippen LogP contribution in [0.1, 0.15) is 0 Å². The van der Waals surface area contributed by atoms with Gasteiger partial charge in [0.25, 0.3) is 0 Å². The Kier molecular flexibility index (Phi) is 3.00. The van der Waals surface area contributed by atoms with Gasteiger partial charge in [-0.1, -0.05) is 18.2 Å². The number of rotatable bonds is 4. The van der Waals surface area contributed by atoms with Crippen LogP contribution in [0.15, 0.2) is 43.0 Å². The smallest absolute Gasteiger partial charge is 0.366 e. The number of fused-ring (bicyclic) bond motifs is 1. The summed E-state index contributed by atoms with van der Waals surface area (Å²) >= 11 is 0. The van der Waals surface area contributed by atoms with E-state index in [2.05, 4.69) is 16.9 Å². The molecule has 0 radical (unpaired) electrons. The van der Waals surface area contributed by atoms with Crippen molar-refractivity contribution in [2.24, 2.45) is 0 Å². The first-order valence-corrected chi connectivity index (χ1v) is 5.11. The number of benzene rings is 1. The van der Waals surface area contributed by atoms with Crippen LogP contribution in [0, 0.1) is 10.1 Å². The van der Waals surface area contributed by atoms with Crippen molar-refractivity contribution < 1.29 is 4.92 Å². The summed E-state index contributed by atoms with van der Waals surface area (Å²) in [5.74, 6) is -0.157. The van der Waals surface area contributed by atoms with E-state index in [9.17, 15) is 10.1 Å². The van der Waals surface area contributed by atoms with Gasteiger partial charge in [0.2, 0.25) is 0 Å². The Hall–Kier alpha value is -2.43. The first kappa shape index (κ1) is 11.1. The van der Waals surface area contributed by atoms with Crippen LogP contribution in [0.25, 0.3) is 10.9 Å². The third kappa shape index (κ3) is 2.23. The molecule has 5 nitrogen and oxygen atoms in total. The van der Waals surface area contributed by atoms with Crippen molar-refractivity contribution in [1.29, 1.82) is 0 Å². The highest BCUT2D eigenvalue weighted by Gasteiger charge is 2.13. The van der Waals surface area contributed by atoms with Gasteiger partial charge in [-0.2, -0.15) is 0 Å². The summed E-state index contributed by atoms with van der Waals surface area (Å²) in [6, 6.07) is 8.73. The van der Waals surface area contributed by atoms with Crippen molar-refractivity contribution >= 4 is 22.4 Å². The van der Waals surface area contributed by atoms with Gasteiger partial charge < -0.3 is 15.4 Å². The van der Waals surface area contributed by atoms with E-state index in [-0.39, 0.29) is 5.82 Å². The topological polar surface area (TPSA) is 68.1 Å². The van der Waals surface area contributed by atoms with Crippen LogP contribution in [0.2, 0.25) is 0 Å². The van der Waals surface area contributed by atoms with E-state index >= 15 is 0 Å². The Balaban J connectivity index is 2.60. The van der Waals surface area contributed by atoms with E-state index in [0.29, 0.717) is 17.7 Å². The molecule has 0 amide bonds. The standard InChI is InChI=1S/C12H11N3O2/c1-2-7-13-11-8-12(15(16)17)14-10-6-4-3-5-9(10)11/h2-6,8H,1,7H2,(H,13,14). The van der Waals surface area contributed by atoms with E-state index in [1.165, 1.54) is 6.07 Å². The Bertz CT molecular complexity index is 581. The molecule has 0 aliphatic heterocycles. The largest absolute Gasteiger partial charge is 0.381 e. The minimum absolute atomic E-state index is 0.157. The second kappa shape index (κ2) is 4.61. The number of nitro groups is 1. The molecule has 5 heteroatoms. The zero-order chi connectivity index (χ0) is 12.3. The van der Waals surface area contributed by atoms with Gasteiger partial charge in [-0.05, 0) is 22.0 Å². The van der Waals surface area contributed by atoms with Crippen molar-refractivity contribution in [2.75, 3.05) is 11.9 Å². The molecule has 0 aliphatic rings. The Morgan fingerprint density at radius 1 is 1.47 bits per heavy atom. The van der Waals surface area contributed by atoms with E-state index in [1.54, 1.807) is 18.2 Å². The predicted octanol–water partition coefficient (Wildman–Crippen LogP) is 2.74. The molecule has 0 bridgehead atoms. The van der Waals surface area contributed by atoms with E-state index in [4.69, 9.17) is 0 Å². The van der Waals surface area contributed by atoms with Crippen LogP contribution in [0.5, 0.6) is 0 Å². The Morgan fingerprint density at radius 2 is 2.24 bits per heavy atom. The molecule has 17 heavy (non-hydrogen) atoms. The van der Waals surface area contributed by atoms with Crippen molar-refractivity contribution in [3.05, 3.63) is 53.1 Å². The second-order valence-electron chi connectivity index (χ2n) is 3.47. The summed E-state index contributed by atoms with van der Waals surface area (Å²) in [6.45, 7) is 4.15. The maximum absolute atomic E-state index is 10.8. The normalized spacial score (nSPS) is 10.1. The molecule has 0 unspecified atom stereocenters. The number of aromatic nitrogens is 1. The van der Waals surface area contributed by atoms with Crippen molar-refractivity contribution in [3.63, 3.8) is 0 Å². The number of para-hydroxylation sites is 1. The van der Waals surface area contributed by atoms with Crippen LogP contribution >= 0.6 is 0 Å². The first-order valence-electron chi connectivity index (χ1n) is 5.11. The van der Waals surface area contributed by atoms with Crippen molar-refractivity contribution in [1.82, 2.24) is 4.98 Å². The molecule has 2 rings (SSSR count). The molecular formula is C12H11N3O2. The lowest BCUT2D eigenvalue weighted by atomic mass is 10.2. The maximum Gasteiger partial charge on any atom is 0.366 e. The van der Waals surface area contributed by atoms with E-state index in [0.717, 1.165) is 5.39 Å². The summed E-state index contributed by atoms with van der Waals surface area (Å²) < 4.78 is 0. The average molecular weight is 229 g/mol. The average Bonchev–Trinajstić information content (AvgIpc) is 2.35. The van der Waals surface area contributed by atoms with Gasteiger partial charge in [-0.15, -0.1) is 6.58 Å². The second-order valence-corrected chi connectivity index (χ2v) is 3.47. The number of anilines is 1. The minimum atomic E-state index is -0.495. The van der Waals surface area contributed by atoms with Gasteiger partial charge in [0.15, 0.2) is 5.52 Å². The van der Waals surface area contributed by atoms with Crippen molar-refractivity contribution in [3.8, 4) is 0 Å². The molecular weight excluding hydrogens is 218 g/mol. The molecule has 0 fully saturated rings. The highest BCUT2D eigenvalue weighted by atomic mass is 16.6. The zero-order valence-electron chi connectivity index (χ0n) is 9.09. The van der Waals surface area contributed by atoms with Gasteiger partial charge in [0.1, 0.15) is 0 Å². The van der Waals surface area contributed by atoms with Gasteiger partial charge in [-0.25, -0.2) is 0 Å². The molecule has 1 aromatic carbocycles. The molecule has 0 spiro atoms. The minimum Gasteiger partial charge on any atom is -0.381 e. The van der Waals surface area contributed by atoms with Crippen LogP contribution in [-0.4, -0.2) is 16.5 Å². The third-order valence-corrected chi connectivity index (χ3v) is 2.33. The van der Waals surface area contributed by atoms with E-state index < -0.39 is 4.92 Å². The maximum atomic E-state index is 10.8. The molecule has 0 aliphatic carbocycles. The molecule has 0 saturated carbocycles. The number of hydrogen-bond acceptors (Lipinski definition) is 4. The van der Waals surface area contributed by atoms with Crippen LogP contribution in [0.3, 0.4) is 0 Å². The fraction of sp³-hybridized carbons (Fsp3) is 0.0833. The van der Waals surface area contributed by atoms with Gasteiger partial charge >= 0.3 is 5.82 Å². The lowest BCUT2D eigenvalue weighted by Gasteiger charge is -2.05. The van der Waals surface area contributed by atoms with Crippen LogP contribution < -0.4 is 5.32 Å². The number of nitrogens with zero attached hydrogens (tertiary/aromatic N) is 2. The number of pyridine rings is 1. The van der Waals surface area contributed by atoms with Crippen LogP contribution in [0.4, 0.5) is 11.5 Å².